The molecule has 1 aliphatic rings. The van der Waals surface area contributed by atoms with Crippen molar-refractivity contribution in [2.75, 3.05) is 0 Å². The summed E-state index contributed by atoms with van der Waals surface area (Å²) in [6.45, 7) is 0. The van der Waals surface area contributed by atoms with E-state index in [2.05, 4.69) is 17.1 Å². The van der Waals surface area contributed by atoms with Crippen molar-refractivity contribution in [3.63, 3.8) is 0 Å². The minimum Gasteiger partial charge on any atom is -0.477 e. The Morgan fingerprint density at radius 1 is 1.22 bits per heavy atom. The van der Waals surface area contributed by atoms with E-state index in [4.69, 9.17) is 5.11 Å². The Labute approximate surface area is 109 Å². The van der Waals surface area contributed by atoms with Crippen molar-refractivity contribution < 1.29 is 9.90 Å². The van der Waals surface area contributed by atoms with Crippen LogP contribution in [-0.4, -0.2) is 16.1 Å². The van der Waals surface area contributed by atoms with Gasteiger partial charge in [-0.15, -0.1) is 11.3 Å². The molecule has 1 aliphatic carbocycles. The molecule has 1 heterocycles. The predicted molar refractivity (Wildman–Crippen MR) is 71.2 cm³/mol. The average Bonchev–Trinajstić information content (AvgIpc) is 2.87. The van der Waals surface area contributed by atoms with Crippen LogP contribution in [0.15, 0.2) is 23.7 Å². The standard InChI is InChI=1S/C14H13NO2S/c16-14(17)13-12(15-8-18-13)11-6-5-9-3-1-2-4-10(9)7-11/h5-8H,1-4H2,(H,16,17). The lowest BCUT2D eigenvalue weighted by molar-refractivity contribution is 0.0702. The van der Waals surface area contributed by atoms with Gasteiger partial charge in [0.05, 0.1) is 11.2 Å². The Balaban J connectivity index is 2.06. The topological polar surface area (TPSA) is 50.2 Å². The number of rotatable bonds is 2. The van der Waals surface area contributed by atoms with Gasteiger partial charge >= 0.3 is 5.97 Å². The molecular formula is C14H13NO2S. The van der Waals surface area contributed by atoms with Crippen LogP contribution >= 0.6 is 11.3 Å². The van der Waals surface area contributed by atoms with Gasteiger partial charge in [-0.1, -0.05) is 12.1 Å². The first-order valence-corrected chi connectivity index (χ1v) is 6.92. The normalized spacial score (nSPS) is 14.2. The van der Waals surface area contributed by atoms with Gasteiger partial charge in [-0.3, -0.25) is 0 Å². The molecule has 2 aromatic rings. The maximum absolute atomic E-state index is 11.1. The lowest BCUT2D eigenvalue weighted by atomic mass is 9.90. The molecule has 3 rings (SSSR count). The molecule has 4 heteroatoms. The number of nitrogens with zero attached hydrogens (tertiary/aromatic N) is 1. The summed E-state index contributed by atoms with van der Waals surface area (Å²) in [4.78, 5) is 15.6. The van der Waals surface area contributed by atoms with Crippen LogP contribution in [0.5, 0.6) is 0 Å². The Kier molecular flexibility index (Phi) is 2.88. The van der Waals surface area contributed by atoms with Crippen LogP contribution in [0, 0.1) is 0 Å². The lowest BCUT2D eigenvalue weighted by Crippen LogP contribution is -2.03. The van der Waals surface area contributed by atoms with Gasteiger partial charge in [-0.25, -0.2) is 9.78 Å². The number of aryl methyl sites for hydroxylation is 2. The number of hydrogen-bond acceptors (Lipinski definition) is 3. The number of carboxylic acid groups (broad SMARTS) is 1. The zero-order chi connectivity index (χ0) is 12.5. The smallest absolute Gasteiger partial charge is 0.348 e. The molecule has 0 atom stereocenters. The van der Waals surface area contributed by atoms with E-state index in [1.165, 1.54) is 35.3 Å². The zero-order valence-electron chi connectivity index (χ0n) is 9.85. The first kappa shape index (κ1) is 11.4. The van der Waals surface area contributed by atoms with E-state index in [9.17, 15) is 4.79 Å². The fraction of sp³-hybridized carbons (Fsp3) is 0.286. The fourth-order valence-electron chi connectivity index (χ4n) is 2.48. The molecule has 18 heavy (non-hydrogen) atoms. The summed E-state index contributed by atoms with van der Waals surface area (Å²) in [6, 6.07) is 6.22. The van der Waals surface area contributed by atoms with Crippen LogP contribution in [0.25, 0.3) is 11.3 Å². The SMILES string of the molecule is O=C(O)c1scnc1-c1ccc2c(c1)CCCC2. The molecule has 0 amide bonds. The first-order chi connectivity index (χ1) is 8.75. The molecule has 0 aliphatic heterocycles. The molecule has 0 fully saturated rings. The number of aromatic nitrogens is 1. The molecule has 1 N–H and O–H groups in total. The van der Waals surface area contributed by atoms with Crippen LogP contribution in [0.4, 0.5) is 0 Å². The summed E-state index contributed by atoms with van der Waals surface area (Å²) in [5.74, 6) is -0.898. The Bertz CT molecular complexity index is 604. The number of carbonyl (C=O) groups is 1. The molecule has 1 aromatic heterocycles. The van der Waals surface area contributed by atoms with Gasteiger partial charge in [0.1, 0.15) is 4.88 Å². The van der Waals surface area contributed by atoms with E-state index in [1.807, 2.05) is 6.07 Å². The minimum atomic E-state index is -0.898. The van der Waals surface area contributed by atoms with Crippen molar-refractivity contribution in [2.45, 2.75) is 25.7 Å². The quantitative estimate of drug-likeness (QED) is 0.899. The summed E-state index contributed by atoms with van der Waals surface area (Å²) in [6.07, 6.45) is 4.71. The molecule has 0 spiro atoms. The van der Waals surface area contributed by atoms with E-state index in [-0.39, 0.29) is 0 Å². The van der Waals surface area contributed by atoms with Gasteiger partial charge in [0, 0.05) is 5.56 Å². The molecule has 0 radical (unpaired) electrons. The largest absolute Gasteiger partial charge is 0.477 e. The van der Waals surface area contributed by atoms with E-state index < -0.39 is 5.97 Å². The van der Waals surface area contributed by atoms with Gasteiger partial charge < -0.3 is 5.11 Å². The maximum Gasteiger partial charge on any atom is 0.348 e. The number of hydrogen-bond donors (Lipinski definition) is 1. The predicted octanol–water partition coefficient (Wildman–Crippen LogP) is 3.39. The van der Waals surface area contributed by atoms with E-state index in [0.29, 0.717) is 10.6 Å². The Morgan fingerprint density at radius 3 is 2.78 bits per heavy atom. The first-order valence-electron chi connectivity index (χ1n) is 6.04. The van der Waals surface area contributed by atoms with Gasteiger partial charge in [0.2, 0.25) is 0 Å². The third-order valence-electron chi connectivity index (χ3n) is 3.38. The minimum absolute atomic E-state index is 0.325. The summed E-state index contributed by atoms with van der Waals surface area (Å²) in [7, 11) is 0. The molecule has 0 unspecified atom stereocenters. The van der Waals surface area contributed by atoms with Crippen LogP contribution < -0.4 is 0 Å². The van der Waals surface area contributed by atoms with E-state index >= 15 is 0 Å². The van der Waals surface area contributed by atoms with Crippen molar-refractivity contribution in [1.29, 1.82) is 0 Å². The van der Waals surface area contributed by atoms with E-state index in [0.717, 1.165) is 18.4 Å². The van der Waals surface area contributed by atoms with E-state index in [1.54, 1.807) is 5.51 Å². The number of benzene rings is 1. The average molecular weight is 259 g/mol. The second-order valence-electron chi connectivity index (χ2n) is 4.53. The van der Waals surface area contributed by atoms with Gasteiger partial charge in [0.15, 0.2) is 0 Å². The number of thiazole rings is 1. The molecule has 3 nitrogen and oxygen atoms in total. The Hall–Kier alpha value is -1.68. The molecule has 0 bridgehead atoms. The van der Waals surface area contributed by atoms with Crippen molar-refractivity contribution in [2.24, 2.45) is 0 Å². The Morgan fingerprint density at radius 2 is 2.00 bits per heavy atom. The molecule has 0 saturated carbocycles. The van der Waals surface area contributed by atoms with Gasteiger partial charge in [0.25, 0.3) is 0 Å². The van der Waals surface area contributed by atoms with Crippen LogP contribution in [0.3, 0.4) is 0 Å². The summed E-state index contributed by atoms with van der Waals surface area (Å²) < 4.78 is 0. The lowest BCUT2D eigenvalue weighted by Gasteiger charge is -2.16. The number of aromatic carboxylic acids is 1. The fourth-order valence-corrected chi connectivity index (χ4v) is 3.13. The summed E-state index contributed by atoms with van der Waals surface area (Å²) in [5, 5.41) is 9.12. The van der Waals surface area contributed by atoms with Gasteiger partial charge in [-0.2, -0.15) is 0 Å². The number of fused-ring (bicyclic) bond motifs is 1. The van der Waals surface area contributed by atoms with Crippen molar-refractivity contribution in [3.05, 3.63) is 39.7 Å². The summed E-state index contributed by atoms with van der Waals surface area (Å²) in [5.41, 5.74) is 5.87. The molecule has 1 aromatic carbocycles. The van der Waals surface area contributed by atoms with Gasteiger partial charge in [-0.05, 0) is 42.9 Å². The molecule has 92 valence electrons. The second kappa shape index (κ2) is 4.53. The third-order valence-corrected chi connectivity index (χ3v) is 4.20. The van der Waals surface area contributed by atoms with Crippen LogP contribution in [0.2, 0.25) is 0 Å². The second-order valence-corrected chi connectivity index (χ2v) is 5.38. The third kappa shape index (κ3) is 1.93. The van der Waals surface area contributed by atoms with Crippen LogP contribution in [0.1, 0.15) is 33.6 Å². The van der Waals surface area contributed by atoms with Crippen molar-refractivity contribution >= 4 is 17.3 Å². The summed E-state index contributed by atoms with van der Waals surface area (Å²) >= 11 is 1.18. The highest BCUT2D eigenvalue weighted by Gasteiger charge is 2.17. The molecule has 0 saturated heterocycles. The highest BCUT2D eigenvalue weighted by Crippen LogP contribution is 2.30. The van der Waals surface area contributed by atoms with Crippen molar-refractivity contribution in [3.8, 4) is 11.3 Å². The van der Waals surface area contributed by atoms with Crippen LogP contribution in [-0.2, 0) is 12.8 Å². The maximum atomic E-state index is 11.1. The monoisotopic (exact) mass is 259 g/mol. The molecular weight excluding hydrogens is 246 g/mol. The number of carboxylic acids is 1. The zero-order valence-corrected chi connectivity index (χ0v) is 10.7. The highest BCUT2D eigenvalue weighted by molar-refractivity contribution is 7.12. The highest BCUT2D eigenvalue weighted by atomic mass is 32.1. The van der Waals surface area contributed by atoms with Crippen molar-refractivity contribution in [1.82, 2.24) is 4.98 Å².